The van der Waals surface area contributed by atoms with Crippen molar-refractivity contribution in [1.29, 1.82) is 0 Å². The molecule has 1 aromatic rings. The molecule has 1 saturated carbocycles. The van der Waals surface area contributed by atoms with E-state index < -0.39 is 0 Å². The molecule has 18 heavy (non-hydrogen) atoms. The van der Waals surface area contributed by atoms with E-state index in [9.17, 15) is 0 Å². The average Bonchev–Trinajstić information content (AvgIpc) is 2.41. The Hall–Kier alpha value is -1.51. The maximum absolute atomic E-state index is 8.73. The minimum Gasteiger partial charge on any atom is -0.384 e. The first-order valence-corrected chi connectivity index (χ1v) is 6.45. The lowest BCUT2D eigenvalue weighted by atomic mass is 9.73. The van der Waals surface area contributed by atoms with E-state index in [0.717, 1.165) is 25.9 Å². The normalized spacial score (nSPS) is 27.5. The van der Waals surface area contributed by atoms with Gasteiger partial charge in [0.15, 0.2) is 0 Å². The van der Waals surface area contributed by atoms with E-state index in [0.29, 0.717) is 5.92 Å². The van der Waals surface area contributed by atoms with Gasteiger partial charge in [0.1, 0.15) is 0 Å². The second-order valence-electron chi connectivity index (χ2n) is 4.86. The van der Waals surface area contributed by atoms with Gasteiger partial charge < -0.3 is 4.74 Å². The summed E-state index contributed by atoms with van der Waals surface area (Å²) >= 11 is 0. The van der Waals surface area contributed by atoms with Crippen LogP contribution >= 0.6 is 0 Å². The van der Waals surface area contributed by atoms with Crippen molar-refractivity contribution in [3.63, 3.8) is 0 Å². The van der Waals surface area contributed by atoms with Crippen molar-refractivity contribution in [3.8, 4) is 0 Å². The third-order valence-electron chi connectivity index (χ3n) is 3.76. The summed E-state index contributed by atoms with van der Waals surface area (Å²) in [5.41, 5.74) is 9.99. The summed E-state index contributed by atoms with van der Waals surface area (Å²) in [4.78, 5) is 3.01. The van der Waals surface area contributed by atoms with Crippen LogP contribution in [0.4, 0.5) is 0 Å². The van der Waals surface area contributed by atoms with Crippen molar-refractivity contribution < 1.29 is 4.74 Å². The Bertz CT molecular complexity index is 412. The lowest BCUT2D eigenvalue weighted by Gasteiger charge is -2.36. The number of ether oxygens (including phenoxy) is 1. The Morgan fingerprint density at radius 3 is 2.78 bits per heavy atom. The number of hydrogen-bond acceptors (Lipinski definition) is 2. The van der Waals surface area contributed by atoms with Crippen molar-refractivity contribution in [2.45, 2.75) is 31.2 Å². The number of rotatable bonds is 4. The average molecular weight is 245 g/mol. The lowest BCUT2D eigenvalue weighted by molar-refractivity contribution is 0.111. The highest BCUT2D eigenvalue weighted by atomic mass is 16.5. The van der Waals surface area contributed by atoms with Gasteiger partial charge in [-0.3, -0.25) is 0 Å². The molecule has 2 rings (SSSR count). The Morgan fingerprint density at radius 2 is 2.11 bits per heavy atom. The molecule has 1 fully saturated rings. The summed E-state index contributed by atoms with van der Waals surface area (Å²) in [6.45, 7) is 0.733. The molecule has 0 bridgehead atoms. The van der Waals surface area contributed by atoms with Gasteiger partial charge in [-0.05, 0) is 35.8 Å². The summed E-state index contributed by atoms with van der Waals surface area (Å²) in [7, 11) is 1.74. The molecule has 4 heteroatoms. The zero-order valence-electron chi connectivity index (χ0n) is 10.7. The number of azide groups is 1. The lowest BCUT2D eigenvalue weighted by Crippen LogP contribution is -2.31. The van der Waals surface area contributed by atoms with Crippen molar-refractivity contribution >= 4 is 0 Å². The van der Waals surface area contributed by atoms with Crippen LogP contribution in [0.25, 0.3) is 10.4 Å². The van der Waals surface area contributed by atoms with E-state index in [-0.39, 0.29) is 12.0 Å². The molecule has 96 valence electrons. The summed E-state index contributed by atoms with van der Waals surface area (Å²) in [5.74, 6) is 0.734. The molecule has 0 radical (unpaired) electrons. The molecule has 0 aromatic heterocycles. The summed E-state index contributed by atoms with van der Waals surface area (Å²) in [6, 6.07) is 10.4. The van der Waals surface area contributed by atoms with Crippen LogP contribution in [0.1, 0.15) is 30.7 Å². The van der Waals surface area contributed by atoms with Crippen LogP contribution in [-0.4, -0.2) is 19.8 Å². The third kappa shape index (κ3) is 2.84. The molecule has 1 aliphatic carbocycles. The van der Waals surface area contributed by atoms with Crippen molar-refractivity contribution in [2.24, 2.45) is 11.0 Å². The van der Waals surface area contributed by atoms with Gasteiger partial charge in [0.2, 0.25) is 0 Å². The Labute approximate surface area is 108 Å². The van der Waals surface area contributed by atoms with Gasteiger partial charge in [-0.2, -0.15) is 0 Å². The Kier molecular flexibility index (Phi) is 4.62. The fourth-order valence-corrected chi connectivity index (χ4v) is 3.03. The van der Waals surface area contributed by atoms with E-state index in [1.165, 1.54) is 5.56 Å². The molecule has 0 heterocycles. The minimum atomic E-state index is 0.0614. The first-order chi connectivity index (χ1) is 8.86. The highest BCUT2D eigenvalue weighted by molar-refractivity contribution is 5.23. The molecule has 1 aliphatic rings. The molecule has 0 saturated heterocycles. The van der Waals surface area contributed by atoms with Crippen LogP contribution in [0.15, 0.2) is 35.4 Å². The highest BCUT2D eigenvalue weighted by Crippen LogP contribution is 2.39. The van der Waals surface area contributed by atoms with E-state index >= 15 is 0 Å². The fourth-order valence-electron chi connectivity index (χ4n) is 3.03. The predicted molar refractivity (Wildman–Crippen MR) is 71.3 cm³/mol. The monoisotopic (exact) mass is 245 g/mol. The predicted octanol–water partition coefficient (Wildman–Crippen LogP) is 3.90. The molecular formula is C14H19N3O. The third-order valence-corrected chi connectivity index (χ3v) is 3.76. The Morgan fingerprint density at radius 1 is 1.33 bits per heavy atom. The molecule has 4 nitrogen and oxygen atoms in total. The first kappa shape index (κ1) is 12.9. The molecule has 0 unspecified atom stereocenters. The molecule has 0 aliphatic heterocycles. The molecular weight excluding hydrogens is 226 g/mol. The van der Waals surface area contributed by atoms with Crippen molar-refractivity contribution in [3.05, 3.63) is 46.3 Å². The SMILES string of the molecule is COC[C@H]1CCC[C@H](N=[N+]=[N-])[C@@H]1c1ccccc1. The molecule has 3 atom stereocenters. The number of benzene rings is 1. The molecule has 0 N–H and O–H groups in total. The van der Waals surface area contributed by atoms with E-state index in [1.54, 1.807) is 7.11 Å². The van der Waals surface area contributed by atoms with Gasteiger partial charge in [0.25, 0.3) is 0 Å². The number of hydrogen-bond donors (Lipinski definition) is 0. The summed E-state index contributed by atoms with van der Waals surface area (Å²) in [6.07, 6.45) is 3.23. The van der Waals surface area contributed by atoms with E-state index in [2.05, 4.69) is 22.2 Å². The topological polar surface area (TPSA) is 58.0 Å². The summed E-state index contributed by atoms with van der Waals surface area (Å²) in [5, 5.41) is 4.00. The van der Waals surface area contributed by atoms with Crippen LogP contribution in [-0.2, 0) is 4.74 Å². The zero-order chi connectivity index (χ0) is 12.8. The van der Waals surface area contributed by atoms with Gasteiger partial charge >= 0.3 is 0 Å². The van der Waals surface area contributed by atoms with Crippen LogP contribution in [0, 0.1) is 5.92 Å². The van der Waals surface area contributed by atoms with Gasteiger partial charge in [-0.25, -0.2) is 0 Å². The zero-order valence-corrected chi connectivity index (χ0v) is 10.7. The van der Waals surface area contributed by atoms with Crippen molar-refractivity contribution in [2.75, 3.05) is 13.7 Å². The maximum Gasteiger partial charge on any atom is 0.0496 e. The fraction of sp³-hybridized carbons (Fsp3) is 0.571. The second kappa shape index (κ2) is 6.43. The van der Waals surface area contributed by atoms with Gasteiger partial charge in [-0.1, -0.05) is 41.9 Å². The smallest absolute Gasteiger partial charge is 0.0496 e. The largest absolute Gasteiger partial charge is 0.384 e. The first-order valence-electron chi connectivity index (χ1n) is 6.45. The van der Waals surface area contributed by atoms with E-state index in [4.69, 9.17) is 10.3 Å². The molecule has 0 amide bonds. The van der Waals surface area contributed by atoms with Gasteiger partial charge in [0, 0.05) is 24.7 Å². The second-order valence-corrected chi connectivity index (χ2v) is 4.86. The molecule has 1 aromatic carbocycles. The number of methoxy groups -OCH3 is 1. The Balaban J connectivity index is 2.29. The highest BCUT2D eigenvalue weighted by Gasteiger charge is 2.33. The van der Waals surface area contributed by atoms with Crippen LogP contribution in [0.2, 0.25) is 0 Å². The molecule has 0 spiro atoms. The maximum atomic E-state index is 8.73. The van der Waals surface area contributed by atoms with E-state index in [1.807, 2.05) is 18.2 Å². The minimum absolute atomic E-state index is 0.0614. The van der Waals surface area contributed by atoms with Crippen LogP contribution in [0.5, 0.6) is 0 Å². The van der Waals surface area contributed by atoms with Gasteiger partial charge in [-0.15, -0.1) is 0 Å². The summed E-state index contributed by atoms with van der Waals surface area (Å²) < 4.78 is 5.32. The number of nitrogens with zero attached hydrogens (tertiary/aromatic N) is 3. The van der Waals surface area contributed by atoms with Gasteiger partial charge in [0.05, 0.1) is 0 Å². The standard InChI is InChI=1S/C14H19N3O/c1-18-10-12-8-5-9-13(16-17-15)14(12)11-6-3-2-4-7-11/h2-4,6-7,12-14H,5,8-10H2,1H3/t12-,13+,14-/m1/s1. The quantitative estimate of drug-likeness (QED) is 0.451. The van der Waals surface area contributed by atoms with Crippen LogP contribution in [0.3, 0.4) is 0 Å². The van der Waals surface area contributed by atoms with Crippen molar-refractivity contribution in [1.82, 2.24) is 0 Å². The van der Waals surface area contributed by atoms with Crippen LogP contribution < -0.4 is 0 Å².